The lowest BCUT2D eigenvalue weighted by atomic mass is 10.1. The summed E-state index contributed by atoms with van der Waals surface area (Å²) in [5.74, 6) is 5.14. The van der Waals surface area contributed by atoms with Crippen molar-refractivity contribution in [3.05, 3.63) is 35.9 Å². The average molecular weight is 232 g/mol. The van der Waals surface area contributed by atoms with E-state index < -0.39 is 14.2 Å². The van der Waals surface area contributed by atoms with Crippen LogP contribution in [0.15, 0.2) is 30.3 Å². The van der Waals surface area contributed by atoms with E-state index in [2.05, 4.69) is 11.8 Å². The van der Waals surface area contributed by atoms with Crippen LogP contribution in [0.4, 0.5) is 0 Å². The van der Waals surface area contributed by atoms with Gasteiger partial charge in [-0.25, -0.2) is 0 Å². The fourth-order valence-electron chi connectivity index (χ4n) is 1.04. The Morgan fingerprint density at radius 1 is 1.25 bits per heavy atom. The quantitative estimate of drug-likeness (QED) is 0.627. The van der Waals surface area contributed by atoms with Crippen LogP contribution in [0, 0.1) is 11.8 Å². The highest BCUT2D eigenvalue weighted by Gasteiger charge is 2.22. The number of aliphatic hydroxyl groups excluding tert-OH is 1. The molecule has 0 fully saturated rings. The van der Waals surface area contributed by atoms with E-state index in [0.717, 1.165) is 5.56 Å². The molecule has 0 radical (unpaired) electrons. The summed E-state index contributed by atoms with van der Waals surface area (Å²) in [6.07, 6.45) is -0.874. The minimum atomic E-state index is -1.85. The van der Waals surface area contributed by atoms with Gasteiger partial charge in [0.2, 0.25) is 0 Å². The van der Waals surface area contributed by atoms with E-state index >= 15 is 0 Å². The van der Waals surface area contributed by atoms with Gasteiger partial charge in [0.1, 0.15) is 14.2 Å². The minimum Gasteiger partial charge on any atom is -0.376 e. The Balaban J connectivity index is 2.77. The van der Waals surface area contributed by atoms with Gasteiger partial charge in [-0.15, -0.1) is 0 Å². The molecule has 0 amide bonds. The Labute approximate surface area is 97.3 Å². The molecule has 16 heavy (non-hydrogen) atoms. The van der Waals surface area contributed by atoms with E-state index in [1.807, 2.05) is 37.8 Å². The zero-order valence-electron chi connectivity index (χ0n) is 9.82. The van der Waals surface area contributed by atoms with Gasteiger partial charge in [0, 0.05) is 0 Å². The molecule has 0 aliphatic heterocycles. The number of carbonyl (C=O) groups excluding carboxylic acids is 1. The SMILES string of the molecule is C[Si](C)(C)C(=O)C#CC(O)c1ccccc1. The molecule has 3 heteroatoms. The smallest absolute Gasteiger partial charge is 0.180 e. The first-order chi connectivity index (χ1) is 7.41. The molecule has 84 valence electrons. The van der Waals surface area contributed by atoms with Crippen LogP contribution >= 0.6 is 0 Å². The third-order valence-corrected chi connectivity index (χ3v) is 3.61. The molecule has 0 aliphatic rings. The Kier molecular flexibility index (Phi) is 4.05. The zero-order valence-corrected chi connectivity index (χ0v) is 10.8. The predicted octanol–water partition coefficient (Wildman–Crippen LogP) is 2.17. The fourth-order valence-corrected chi connectivity index (χ4v) is 1.49. The van der Waals surface area contributed by atoms with Gasteiger partial charge in [-0.3, -0.25) is 4.79 Å². The number of aliphatic hydroxyl groups is 1. The molecular formula is C13H16O2Si. The van der Waals surface area contributed by atoms with Crippen molar-refractivity contribution in [1.82, 2.24) is 0 Å². The molecule has 0 heterocycles. The molecule has 1 aromatic carbocycles. The van der Waals surface area contributed by atoms with E-state index in [1.54, 1.807) is 12.1 Å². The lowest BCUT2D eigenvalue weighted by Gasteiger charge is -2.08. The van der Waals surface area contributed by atoms with Crippen molar-refractivity contribution in [2.75, 3.05) is 0 Å². The second kappa shape index (κ2) is 5.11. The molecule has 0 aliphatic carbocycles. The van der Waals surface area contributed by atoms with Crippen LogP contribution in [0.3, 0.4) is 0 Å². The first kappa shape index (κ1) is 12.7. The number of hydrogen-bond acceptors (Lipinski definition) is 2. The second-order valence-corrected chi connectivity index (χ2v) is 9.62. The molecule has 1 aromatic rings. The van der Waals surface area contributed by atoms with Gasteiger partial charge in [0.25, 0.3) is 0 Å². The number of hydrogen-bond donors (Lipinski definition) is 1. The third-order valence-electron chi connectivity index (χ3n) is 2.12. The molecule has 1 unspecified atom stereocenters. The van der Waals surface area contributed by atoms with Crippen LogP contribution in [0.1, 0.15) is 11.7 Å². The third kappa shape index (κ3) is 3.65. The lowest BCUT2D eigenvalue weighted by molar-refractivity contribution is -0.107. The summed E-state index contributed by atoms with van der Waals surface area (Å²) < 4.78 is 0. The first-order valence-corrected chi connectivity index (χ1v) is 8.70. The topological polar surface area (TPSA) is 37.3 Å². The molecule has 0 saturated carbocycles. The van der Waals surface area contributed by atoms with Crippen LogP contribution < -0.4 is 0 Å². The summed E-state index contributed by atoms with van der Waals surface area (Å²) in [4.78, 5) is 11.6. The van der Waals surface area contributed by atoms with Gasteiger partial charge in [-0.05, 0) is 11.5 Å². The molecular weight excluding hydrogens is 216 g/mol. The first-order valence-electron chi connectivity index (χ1n) is 5.20. The maximum atomic E-state index is 11.6. The number of rotatable bonds is 2. The second-order valence-electron chi connectivity index (χ2n) is 4.66. The van der Waals surface area contributed by atoms with E-state index in [1.165, 1.54) is 0 Å². The Hall–Kier alpha value is -1.37. The number of benzene rings is 1. The van der Waals surface area contributed by atoms with Crippen LogP contribution in [-0.4, -0.2) is 18.6 Å². The van der Waals surface area contributed by atoms with Gasteiger partial charge < -0.3 is 5.11 Å². The molecule has 0 aromatic heterocycles. The van der Waals surface area contributed by atoms with Crippen molar-refractivity contribution in [3.63, 3.8) is 0 Å². The molecule has 1 atom stereocenters. The maximum Gasteiger partial charge on any atom is 0.180 e. The van der Waals surface area contributed by atoms with Crippen LogP contribution in [0.5, 0.6) is 0 Å². The summed E-state index contributed by atoms with van der Waals surface area (Å²) in [6.45, 7) is 5.83. The summed E-state index contributed by atoms with van der Waals surface area (Å²) in [7, 11) is -1.85. The van der Waals surface area contributed by atoms with Crippen LogP contribution in [0.25, 0.3) is 0 Å². The van der Waals surface area contributed by atoms with Crippen molar-refractivity contribution in [3.8, 4) is 11.8 Å². The van der Waals surface area contributed by atoms with E-state index in [4.69, 9.17) is 0 Å². The van der Waals surface area contributed by atoms with Crippen LogP contribution in [-0.2, 0) is 4.79 Å². The van der Waals surface area contributed by atoms with Gasteiger partial charge in [-0.1, -0.05) is 55.9 Å². The average Bonchev–Trinajstić information content (AvgIpc) is 2.25. The predicted molar refractivity (Wildman–Crippen MR) is 67.5 cm³/mol. The van der Waals surface area contributed by atoms with Crippen molar-refractivity contribution in [1.29, 1.82) is 0 Å². The molecule has 0 saturated heterocycles. The molecule has 2 nitrogen and oxygen atoms in total. The summed E-state index contributed by atoms with van der Waals surface area (Å²) in [6, 6.07) is 9.12. The molecule has 0 bridgehead atoms. The monoisotopic (exact) mass is 232 g/mol. The van der Waals surface area contributed by atoms with Crippen molar-refractivity contribution in [2.24, 2.45) is 0 Å². The Bertz CT molecular complexity index is 421. The van der Waals surface area contributed by atoms with Gasteiger partial charge in [0.05, 0.1) is 0 Å². The van der Waals surface area contributed by atoms with Gasteiger partial charge in [0.15, 0.2) is 5.41 Å². The van der Waals surface area contributed by atoms with Gasteiger partial charge in [-0.2, -0.15) is 0 Å². The van der Waals surface area contributed by atoms with E-state index in [0.29, 0.717) is 0 Å². The Morgan fingerprint density at radius 2 is 1.81 bits per heavy atom. The zero-order chi connectivity index (χ0) is 12.2. The highest BCUT2D eigenvalue weighted by molar-refractivity contribution is 7.05. The van der Waals surface area contributed by atoms with Crippen molar-refractivity contribution in [2.45, 2.75) is 25.7 Å². The van der Waals surface area contributed by atoms with Crippen LogP contribution in [0.2, 0.25) is 19.6 Å². The molecule has 1 N–H and O–H groups in total. The summed E-state index contributed by atoms with van der Waals surface area (Å²) in [5.41, 5.74) is 0.721. The minimum absolute atomic E-state index is 0.0255. The maximum absolute atomic E-state index is 11.6. The summed E-state index contributed by atoms with van der Waals surface area (Å²) in [5, 5.41) is 9.70. The normalized spacial score (nSPS) is 12.5. The highest BCUT2D eigenvalue weighted by atomic mass is 28.3. The molecule has 0 spiro atoms. The van der Waals surface area contributed by atoms with E-state index in [-0.39, 0.29) is 5.41 Å². The summed E-state index contributed by atoms with van der Waals surface area (Å²) >= 11 is 0. The van der Waals surface area contributed by atoms with Crippen molar-refractivity contribution >= 4 is 13.5 Å². The standard InChI is InChI=1S/C13H16O2Si/c1-16(2,3)13(15)10-9-12(14)11-7-5-4-6-8-11/h4-8,12,14H,1-3H3. The van der Waals surface area contributed by atoms with E-state index in [9.17, 15) is 9.90 Å². The molecule has 1 rings (SSSR count). The largest absolute Gasteiger partial charge is 0.376 e. The van der Waals surface area contributed by atoms with Gasteiger partial charge >= 0.3 is 0 Å². The van der Waals surface area contributed by atoms with Crippen molar-refractivity contribution < 1.29 is 9.90 Å². The lowest BCUT2D eigenvalue weighted by Crippen LogP contribution is -2.32. The Morgan fingerprint density at radius 3 is 2.31 bits per heavy atom. The highest BCUT2D eigenvalue weighted by Crippen LogP contribution is 2.10. The fraction of sp³-hybridized carbons (Fsp3) is 0.308. The number of carbonyl (C=O) groups is 1.